The van der Waals surface area contributed by atoms with Gasteiger partial charge in [0.05, 0.1) is 11.5 Å². The van der Waals surface area contributed by atoms with E-state index in [1.54, 1.807) is 30.2 Å². The zero-order valence-corrected chi connectivity index (χ0v) is 11.9. The molecule has 6 nitrogen and oxygen atoms in total. The predicted molar refractivity (Wildman–Crippen MR) is 74.8 cm³/mol. The molecule has 0 radical (unpaired) electrons. The normalized spacial score (nSPS) is 21.9. The SMILES string of the molecule is CC1C(C(=O)O)CCN1C(=O)c1ccc(N(C)C)nc1. The molecule has 0 bridgehead atoms. The monoisotopic (exact) mass is 277 g/mol. The first kappa shape index (κ1) is 14.3. The van der Waals surface area contributed by atoms with E-state index in [1.165, 1.54) is 0 Å². The van der Waals surface area contributed by atoms with Gasteiger partial charge in [-0.1, -0.05) is 0 Å². The van der Waals surface area contributed by atoms with E-state index in [0.717, 1.165) is 5.82 Å². The molecule has 0 aliphatic carbocycles. The first-order chi connectivity index (χ1) is 9.41. The van der Waals surface area contributed by atoms with Gasteiger partial charge in [-0.25, -0.2) is 4.98 Å². The number of aromatic nitrogens is 1. The van der Waals surface area contributed by atoms with Crippen LogP contribution in [-0.2, 0) is 4.79 Å². The lowest BCUT2D eigenvalue weighted by atomic mass is 10.0. The summed E-state index contributed by atoms with van der Waals surface area (Å²) in [6.07, 6.45) is 2.05. The molecule has 108 valence electrons. The van der Waals surface area contributed by atoms with E-state index >= 15 is 0 Å². The summed E-state index contributed by atoms with van der Waals surface area (Å²) in [5, 5.41) is 9.10. The van der Waals surface area contributed by atoms with Crippen molar-refractivity contribution in [2.75, 3.05) is 25.5 Å². The van der Waals surface area contributed by atoms with Gasteiger partial charge in [0.15, 0.2) is 0 Å². The minimum Gasteiger partial charge on any atom is -0.481 e. The Labute approximate surface area is 118 Å². The molecule has 1 aliphatic heterocycles. The Hall–Kier alpha value is -2.11. The number of pyridine rings is 1. The van der Waals surface area contributed by atoms with Crippen molar-refractivity contribution in [2.45, 2.75) is 19.4 Å². The quantitative estimate of drug-likeness (QED) is 0.895. The Morgan fingerprint density at radius 3 is 2.55 bits per heavy atom. The van der Waals surface area contributed by atoms with Crippen LogP contribution in [0.4, 0.5) is 5.82 Å². The van der Waals surface area contributed by atoms with E-state index in [1.807, 2.05) is 19.0 Å². The van der Waals surface area contributed by atoms with Gasteiger partial charge in [-0.3, -0.25) is 9.59 Å². The molecule has 1 aromatic rings. The number of nitrogens with zero attached hydrogens (tertiary/aromatic N) is 3. The number of carbonyl (C=O) groups excluding carboxylic acids is 1. The van der Waals surface area contributed by atoms with E-state index in [2.05, 4.69) is 4.98 Å². The minimum absolute atomic E-state index is 0.154. The van der Waals surface area contributed by atoms with Crippen molar-refractivity contribution in [2.24, 2.45) is 5.92 Å². The molecular weight excluding hydrogens is 258 g/mol. The largest absolute Gasteiger partial charge is 0.481 e. The van der Waals surface area contributed by atoms with Gasteiger partial charge in [0.2, 0.25) is 0 Å². The van der Waals surface area contributed by atoms with Crippen LogP contribution in [-0.4, -0.2) is 53.5 Å². The van der Waals surface area contributed by atoms with Gasteiger partial charge >= 0.3 is 5.97 Å². The Morgan fingerprint density at radius 2 is 2.10 bits per heavy atom. The highest BCUT2D eigenvalue weighted by Crippen LogP contribution is 2.26. The second kappa shape index (κ2) is 5.48. The highest BCUT2D eigenvalue weighted by molar-refractivity contribution is 5.95. The fraction of sp³-hybridized carbons (Fsp3) is 0.500. The number of carboxylic acid groups (broad SMARTS) is 1. The lowest BCUT2D eigenvalue weighted by Crippen LogP contribution is -2.37. The Morgan fingerprint density at radius 1 is 1.40 bits per heavy atom. The van der Waals surface area contributed by atoms with E-state index < -0.39 is 11.9 Å². The van der Waals surface area contributed by atoms with Gasteiger partial charge in [0.25, 0.3) is 5.91 Å². The molecule has 1 N–H and O–H groups in total. The van der Waals surface area contributed by atoms with Crippen LogP contribution in [0.2, 0.25) is 0 Å². The predicted octanol–water partition coefficient (Wildman–Crippen LogP) is 1.08. The summed E-state index contributed by atoms with van der Waals surface area (Å²) in [6.45, 7) is 2.26. The molecule has 2 heterocycles. The number of hydrogen-bond donors (Lipinski definition) is 1. The number of likely N-dealkylation sites (tertiary alicyclic amines) is 1. The van der Waals surface area contributed by atoms with Gasteiger partial charge < -0.3 is 14.9 Å². The topological polar surface area (TPSA) is 73.7 Å². The third-order valence-electron chi connectivity index (χ3n) is 3.79. The van der Waals surface area contributed by atoms with Crippen LogP contribution >= 0.6 is 0 Å². The van der Waals surface area contributed by atoms with Crippen LogP contribution in [0, 0.1) is 5.92 Å². The maximum atomic E-state index is 12.4. The van der Waals surface area contributed by atoms with E-state index in [4.69, 9.17) is 5.11 Å². The first-order valence-corrected chi connectivity index (χ1v) is 6.59. The number of rotatable bonds is 3. The summed E-state index contributed by atoms with van der Waals surface area (Å²) in [7, 11) is 3.76. The number of carbonyl (C=O) groups is 2. The molecule has 1 saturated heterocycles. The zero-order valence-electron chi connectivity index (χ0n) is 11.9. The highest BCUT2D eigenvalue weighted by Gasteiger charge is 2.38. The van der Waals surface area contributed by atoms with Crippen molar-refractivity contribution in [3.8, 4) is 0 Å². The van der Waals surface area contributed by atoms with Crippen LogP contribution in [0.5, 0.6) is 0 Å². The first-order valence-electron chi connectivity index (χ1n) is 6.59. The van der Waals surface area contributed by atoms with Crippen LogP contribution in [0.1, 0.15) is 23.7 Å². The van der Waals surface area contributed by atoms with Crippen LogP contribution in [0.25, 0.3) is 0 Å². The zero-order chi connectivity index (χ0) is 14.9. The molecule has 1 aliphatic rings. The molecule has 1 amide bonds. The van der Waals surface area contributed by atoms with Crippen molar-refractivity contribution < 1.29 is 14.7 Å². The maximum Gasteiger partial charge on any atom is 0.308 e. The number of aliphatic carboxylic acids is 1. The molecule has 2 atom stereocenters. The van der Waals surface area contributed by atoms with Crippen LogP contribution < -0.4 is 4.90 Å². The van der Waals surface area contributed by atoms with Crippen LogP contribution in [0.15, 0.2) is 18.3 Å². The van der Waals surface area contributed by atoms with E-state index in [-0.39, 0.29) is 11.9 Å². The molecule has 0 aromatic carbocycles. The lowest BCUT2D eigenvalue weighted by molar-refractivity contribution is -0.142. The molecular formula is C14H19N3O3. The molecule has 0 spiro atoms. The van der Waals surface area contributed by atoms with Crippen molar-refractivity contribution in [1.82, 2.24) is 9.88 Å². The number of anilines is 1. The lowest BCUT2D eigenvalue weighted by Gasteiger charge is -2.23. The van der Waals surface area contributed by atoms with Gasteiger partial charge in [-0.2, -0.15) is 0 Å². The summed E-state index contributed by atoms with van der Waals surface area (Å²) < 4.78 is 0. The minimum atomic E-state index is -0.839. The molecule has 6 heteroatoms. The van der Waals surface area contributed by atoms with Gasteiger partial charge in [-0.05, 0) is 25.5 Å². The van der Waals surface area contributed by atoms with E-state index in [9.17, 15) is 9.59 Å². The fourth-order valence-electron chi connectivity index (χ4n) is 2.50. The van der Waals surface area contributed by atoms with Crippen molar-refractivity contribution in [1.29, 1.82) is 0 Å². The standard InChI is InChI=1S/C14H19N3O3/c1-9-11(14(19)20)6-7-17(9)13(18)10-4-5-12(15-8-10)16(2)3/h4-5,8-9,11H,6-7H2,1-3H3,(H,19,20). The molecule has 1 aromatic heterocycles. The number of amides is 1. The third-order valence-corrected chi connectivity index (χ3v) is 3.79. The third kappa shape index (κ3) is 2.59. The summed E-state index contributed by atoms with van der Waals surface area (Å²) in [6, 6.07) is 3.22. The Balaban J connectivity index is 2.14. The average Bonchev–Trinajstić information content (AvgIpc) is 2.80. The second-order valence-corrected chi connectivity index (χ2v) is 5.27. The smallest absolute Gasteiger partial charge is 0.308 e. The van der Waals surface area contributed by atoms with Gasteiger partial charge in [0, 0.05) is 32.9 Å². The Bertz CT molecular complexity index is 513. The van der Waals surface area contributed by atoms with Crippen LogP contribution in [0.3, 0.4) is 0 Å². The average molecular weight is 277 g/mol. The molecule has 20 heavy (non-hydrogen) atoms. The maximum absolute atomic E-state index is 12.4. The fourth-order valence-corrected chi connectivity index (χ4v) is 2.50. The number of hydrogen-bond acceptors (Lipinski definition) is 4. The summed E-state index contributed by atoms with van der Waals surface area (Å²) in [5.74, 6) is -0.694. The number of carboxylic acids is 1. The van der Waals surface area contributed by atoms with Gasteiger partial charge in [0.1, 0.15) is 5.82 Å². The Kier molecular flexibility index (Phi) is 3.92. The molecule has 1 fully saturated rings. The second-order valence-electron chi connectivity index (χ2n) is 5.27. The molecule has 2 unspecified atom stereocenters. The summed E-state index contributed by atoms with van der Waals surface area (Å²) in [5.41, 5.74) is 0.494. The van der Waals surface area contributed by atoms with Crippen molar-refractivity contribution >= 4 is 17.7 Å². The highest BCUT2D eigenvalue weighted by atomic mass is 16.4. The van der Waals surface area contributed by atoms with Crippen molar-refractivity contribution in [3.05, 3.63) is 23.9 Å². The molecule has 2 rings (SSSR count). The summed E-state index contributed by atoms with van der Waals surface area (Å²) in [4.78, 5) is 31.1. The summed E-state index contributed by atoms with van der Waals surface area (Å²) >= 11 is 0. The molecule has 0 saturated carbocycles. The van der Waals surface area contributed by atoms with Crippen molar-refractivity contribution in [3.63, 3.8) is 0 Å². The van der Waals surface area contributed by atoms with E-state index in [0.29, 0.717) is 18.5 Å². The van der Waals surface area contributed by atoms with Gasteiger partial charge in [-0.15, -0.1) is 0 Å².